The summed E-state index contributed by atoms with van der Waals surface area (Å²) in [5, 5.41) is 0. The first kappa shape index (κ1) is 8.82. The first-order chi connectivity index (χ1) is 6.86. The molecule has 0 atom stereocenters. The third-order valence-corrected chi connectivity index (χ3v) is 2.16. The van der Waals surface area contributed by atoms with Crippen molar-refractivity contribution in [1.29, 1.82) is 0 Å². The maximum Gasteiger partial charge on any atom is 0.0977 e. The largest absolute Gasteiger partial charge is 0.472 e. The molecule has 0 amide bonds. The van der Waals surface area contributed by atoms with E-state index >= 15 is 0 Å². The lowest BCUT2D eigenvalue weighted by molar-refractivity contribution is 0.566. The van der Waals surface area contributed by atoms with E-state index in [2.05, 4.69) is 25.1 Å². The Balaban J connectivity index is 2.28. The monoisotopic (exact) mass is 184 g/mol. The van der Waals surface area contributed by atoms with Crippen LogP contribution in [0.15, 0.2) is 53.3 Å². The lowest BCUT2D eigenvalue weighted by Gasteiger charge is -1.96. The molecule has 0 saturated heterocycles. The van der Waals surface area contributed by atoms with Crippen LogP contribution >= 0.6 is 0 Å². The fourth-order valence-corrected chi connectivity index (χ4v) is 1.37. The van der Waals surface area contributed by atoms with Gasteiger partial charge in [-0.3, -0.25) is 0 Å². The Bertz CT molecular complexity index is 410. The molecule has 14 heavy (non-hydrogen) atoms. The SMILES string of the molecule is CC(=Cc1ccccc1)c1ccoc1. The minimum absolute atomic E-state index is 1.13. The van der Waals surface area contributed by atoms with E-state index in [1.165, 1.54) is 11.1 Å². The van der Waals surface area contributed by atoms with Crippen LogP contribution in [0.3, 0.4) is 0 Å². The van der Waals surface area contributed by atoms with Gasteiger partial charge in [0.2, 0.25) is 0 Å². The van der Waals surface area contributed by atoms with Gasteiger partial charge in [0.05, 0.1) is 12.5 Å². The quantitative estimate of drug-likeness (QED) is 0.691. The summed E-state index contributed by atoms with van der Waals surface area (Å²) in [4.78, 5) is 0. The highest BCUT2D eigenvalue weighted by atomic mass is 16.3. The zero-order chi connectivity index (χ0) is 9.80. The van der Waals surface area contributed by atoms with Crippen LogP contribution in [0, 0.1) is 0 Å². The van der Waals surface area contributed by atoms with Gasteiger partial charge in [0.15, 0.2) is 0 Å². The molecule has 1 nitrogen and oxygen atoms in total. The molecular formula is C13H12O. The third-order valence-electron chi connectivity index (χ3n) is 2.16. The van der Waals surface area contributed by atoms with Crippen LogP contribution in [-0.4, -0.2) is 0 Å². The fraction of sp³-hybridized carbons (Fsp3) is 0.0769. The Kier molecular flexibility index (Phi) is 2.50. The van der Waals surface area contributed by atoms with Crippen LogP contribution in [0.4, 0.5) is 0 Å². The second kappa shape index (κ2) is 3.97. The van der Waals surface area contributed by atoms with Crippen molar-refractivity contribution in [3.8, 4) is 0 Å². The molecule has 0 aliphatic heterocycles. The molecule has 1 aromatic carbocycles. The number of rotatable bonds is 2. The van der Waals surface area contributed by atoms with Gasteiger partial charge >= 0.3 is 0 Å². The standard InChI is InChI=1S/C13H12O/c1-11(13-7-8-14-10-13)9-12-5-3-2-4-6-12/h2-10H,1H3. The van der Waals surface area contributed by atoms with Crippen molar-refractivity contribution in [1.82, 2.24) is 0 Å². The Morgan fingerprint density at radius 1 is 1.14 bits per heavy atom. The van der Waals surface area contributed by atoms with Crippen molar-refractivity contribution >= 4 is 11.6 Å². The minimum atomic E-state index is 1.13. The summed E-state index contributed by atoms with van der Waals surface area (Å²) in [5.74, 6) is 0. The molecule has 0 unspecified atom stereocenters. The third kappa shape index (κ3) is 1.94. The first-order valence-corrected chi connectivity index (χ1v) is 4.62. The van der Waals surface area contributed by atoms with Gasteiger partial charge in [0.1, 0.15) is 0 Å². The molecule has 0 N–H and O–H groups in total. The van der Waals surface area contributed by atoms with E-state index in [1.807, 2.05) is 24.3 Å². The van der Waals surface area contributed by atoms with Crippen LogP contribution in [0.5, 0.6) is 0 Å². The Labute approximate surface area is 83.7 Å². The van der Waals surface area contributed by atoms with Gasteiger partial charge in [0.25, 0.3) is 0 Å². The highest BCUT2D eigenvalue weighted by Crippen LogP contribution is 2.17. The normalized spacial score (nSPS) is 11.6. The number of hydrogen-bond donors (Lipinski definition) is 0. The molecule has 0 saturated carbocycles. The summed E-state index contributed by atoms with van der Waals surface area (Å²) in [5.41, 5.74) is 3.56. The van der Waals surface area contributed by atoms with E-state index in [9.17, 15) is 0 Å². The molecule has 0 spiro atoms. The molecule has 0 aliphatic rings. The second-order valence-electron chi connectivity index (χ2n) is 3.25. The number of allylic oxidation sites excluding steroid dienone is 1. The van der Waals surface area contributed by atoms with Crippen molar-refractivity contribution in [2.75, 3.05) is 0 Å². The molecule has 0 bridgehead atoms. The topological polar surface area (TPSA) is 13.1 Å². The summed E-state index contributed by atoms with van der Waals surface area (Å²) in [6.07, 6.45) is 5.59. The van der Waals surface area contributed by atoms with Gasteiger partial charge in [-0.05, 0) is 24.1 Å². The van der Waals surface area contributed by atoms with Crippen molar-refractivity contribution in [3.63, 3.8) is 0 Å². The van der Waals surface area contributed by atoms with Crippen LogP contribution in [0.2, 0.25) is 0 Å². The van der Waals surface area contributed by atoms with Crippen molar-refractivity contribution < 1.29 is 4.42 Å². The average Bonchev–Trinajstić information content (AvgIpc) is 2.72. The predicted octanol–water partition coefficient (Wildman–Crippen LogP) is 3.84. The summed E-state index contributed by atoms with van der Waals surface area (Å²) >= 11 is 0. The zero-order valence-electron chi connectivity index (χ0n) is 8.10. The maximum atomic E-state index is 5.03. The van der Waals surface area contributed by atoms with E-state index in [0.717, 1.165) is 5.56 Å². The van der Waals surface area contributed by atoms with E-state index in [0.29, 0.717) is 0 Å². The summed E-state index contributed by atoms with van der Waals surface area (Å²) < 4.78 is 5.03. The molecule has 0 fully saturated rings. The van der Waals surface area contributed by atoms with Crippen LogP contribution < -0.4 is 0 Å². The van der Waals surface area contributed by atoms with Gasteiger partial charge in [-0.25, -0.2) is 0 Å². The smallest absolute Gasteiger partial charge is 0.0977 e. The predicted molar refractivity (Wildman–Crippen MR) is 58.7 cm³/mol. The number of furan rings is 1. The molecule has 0 radical (unpaired) electrons. The fourth-order valence-electron chi connectivity index (χ4n) is 1.37. The van der Waals surface area contributed by atoms with Crippen LogP contribution in [-0.2, 0) is 0 Å². The molecule has 2 rings (SSSR count). The lowest BCUT2D eigenvalue weighted by Crippen LogP contribution is -1.75. The Morgan fingerprint density at radius 3 is 2.57 bits per heavy atom. The zero-order valence-corrected chi connectivity index (χ0v) is 8.10. The van der Waals surface area contributed by atoms with Gasteiger partial charge in [-0.15, -0.1) is 0 Å². The van der Waals surface area contributed by atoms with Crippen LogP contribution in [0.25, 0.3) is 11.6 Å². The Hall–Kier alpha value is -1.76. The van der Waals surface area contributed by atoms with E-state index in [-0.39, 0.29) is 0 Å². The molecule has 1 heterocycles. The second-order valence-corrected chi connectivity index (χ2v) is 3.25. The van der Waals surface area contributed by atoms with Crippen LogP contribution in [0.1, 0.15) is 18.1 Å². The average molecular weight is 184 g/mol. The highest BCUT2D eigenvalue weighted by molar-refractivity contribution is 5.79. The molecule has 2 aromatic rings. The Morgan fingerprint density at radius 2 is 1.93 bits per heavy atom. The van der Waals surface area contributed by atoms with E-state index < -0.39 is 0 Å². The summed E-state index contributed by atoms with van der Waals surface area (Å²) in [7, 11) is 0. The summed E-state index contributed by atoms with van der Waals surface area (Å²) in [6.45, 7) is 2.08. The minimum Gasteiger partial charge on any atom is -0.472 e. The van der Waals surface area contributed by atoms with Gasteiger partial charge in [-0.1, -0.05) is 36.4 Å². The van der Waals surface area contributed by atoms with Crippen molar-refractivity contribution in [2.45, 2.75) is 6.92 Å². The number of benzene rings is 1. The molecule has 1 heteroatoms. The van der Waals surface area contributed by atoms with Gasteiger partial charge in [0, 0.05) is 5.56 Å². The van der Waals surface area contributed by atoms with E-state index in [4.69, 9.17) is 4.42 Å². The molecular weight excluding hydrogens is 172 g/mol. The molecule has 0 aliphatic carbocycles. The number of hydrogen-bond acceptors (Lipinski definition) is 1. The van der Waals surface area contributed by atoms with Gasteiger partial charge < -0.3 is 4.42 Å². The lowest BCUT2D eigenvalue weighted by atomic mass is 10.1. The maximum absolute atomic E-state index is 5.03. The highest BCUT2D eigenvalue weighted by Gasteiger charge is 1.96. The summed E-state index contributed by atoms with van der Waals surface area (Å²) in [6, 6.07) is 12.2. The molecule has 1 aromatic heterocycles. The van der Waals surface area contributed by atoms with Gasteiger partial charge in [-0.2, -0.15) is 0 Å². The molecule has 70 valence electrons. The first-order valence-electron chi connectivity index (χ1n) is 4.62. The van der Waals surface area contributed by atoms with E-state index in [1.54, 1.807) is 12.5 Å². The van der Waals surface area contributed by atoms with Crippen molar-refractivity contribution in [2.24, 2.45) is 0 Å². The van der Waals surface area contributed by atoms with Crippen molar-refractivity contribution in [3.05, 3.63) is 60.1 Å².